The van der Waals surface area contributed by atoms with Crippen LogP contribution < -0.4 is 5.56 Å². The molecule has 1 N–H and O–H groups in total. The number of hydrogen-bond acceptors (Lipinski definition) is 1. The van der Waals surface area contributed by atoms with E-state index in [-0.39, 0.29) is 12.0 Å². The number of halogens is 1. The first kappa shape index (κ1) is 9.65. The number of fused-ring (bicyclic) bond motifs is 1. The summed E-state index contributed by atoms with van der Waals surface area (Å²) in [4.78, 5) is 14.2. The molecule has 0 amide bonds. The van der Waals surface area contributed by atoms with Crippen LogP contribution in [0.5, 0.6) is 0 Å². The van der Waals surface area contributed by atoms with E-state index in [4.69, 9.17) is 0 Å². The van der Waals surface area contributed by atoms with E-state index in [2.05, 4.69) is 11.6 Å². The second kappa shape index (κ2) is 3.69. The highest BCUT2D eigenvalue weighted by Crippen LogP contribution is 2.12. The molecule has 0 unspecified atom stereocenters. The third-order valence-corrected chi connectivity index (χ3v) is 2.21. The predicted molar refractivity (Wildman–Crippen MR) is 58.5 cm³/mol. The average Bonchev–Trinajstić information content (AvgIpc) is 2.18. The van der Waals surface area contributed by atoms with Gasteiger partial charge in [-0.25, -0.2) is 4.39 Å². The van der Waals surface area contributed by atoms with Crippen LogP contribution in [0.25, 0.3) is 10.9 Å². The molecule has 0 bridgehead atoms. The zero-order valence-electron chi connectivity index (χ0n) is 8.09. The summed E-state index contributed by atoms with van der Waals surface area (Å²) in [6, 6.07) is 9.08. The van der Waals surface area contributed by atoms with E-state index < -0.39 is 5.83 Å². The van der Waals surface area contributed by atoms with Gasteiger partial charge in [-0.3, -0.25) is 4.79 Å². The zero-order valence-corrected chi connectivity index (χ0v) is 8.09. The van der Waals surface area contributed by atoms with E-state index in [1.807, 2.05) is 24.3 Å². The van der Waals surface area contributed by atoms with E-state index in [0.717, 1.165) is 10.9 Å². The quantitative estimate of drug-likeness (QED) is 0.799. The summed E-state index contributed by atoms with van der Waals surface area (Å²) in [6.07, 6.45) is -0.0276. The van der Waals surface area contributed by atoms with Gasteiger partial charge in [-0.15, -0.1) is 0 Å². The van der Waals surface area contributed by atoms with Crippen molar-refractivity contribution in [3.8, 4) is 0 Å². The SMILES string of the molecule is C=C(F)Cc1cc2ccccc2[nH]c1=O. The van der Waals surface area contributed by atoms with Crippen LogP contribution in [-0.4, -0.2) is 4.98 Å². The van der Waals surface area contributed by atoms with Crippen molar-refractivity contribution in [2.24, 2.45) is 0 Å². The molecule has 2 nitrogen and oxygen atoms in total. The lowest BCUT2D eigenvalue weighted by atomic mass is 10.1. The zero-order chi connectivity index (χ0) is 10.8. The number of aromatic amines is 1. The first-order valence-corrected chi connectivity index (χ1v) is 4.61. The topological polar surface area (TPSA) is 32.9 Å². The Bertz CT molecular complexity index is 571. The molecule has 0 saturated carbocycles. The molecule has 0 atom stereocenters. The lowest BCUT2D eigenvalue weighted by Gasteiger charge is -2.01. The number of para-hydroxylation sites is 1. The van der Waals surface area contributed by atoms with Crippen LogP contribution in [-0.2, 0) is 6.42 Å². The van der Waals surface area contributed by atoms with Gasteiger partial charge >= 0.3 is 0 Å². The molecule has 0 spiro atoms. The summed E-state index contributed by atoms with van der Waals surface area (Å²) in [6.45, 7) is 3.15. The van der Waals surface area contributed by atoms with Crippen molar-refractivity contribution in [1.29, 1.82) is 0 Å². The Hall–Kier alpha value is -1.90. The van der Waals surface area contributed by atoms with E-state index in [9.17, 15) is 9.18 Å². The standard InChI is InChI=1S/C12H10FNO/c1-8(13)6-10-7-9-4-2-3-5-11(9)14-12(10)15/h2-5,7H,1,6H2,(H,14,15). The van der Waals surface area contributed by atoms with E-state index in [1.54, 1.807) is 6.07 Å². The summed E-state index contributed by atoms with van der Waals surface area (Å²) in [7, 11) is 0. The number of H-pyrrole nitrogens is 1. The van der Waals surface area contributed by atoms with Crippen molar-refractivity contribution in [2.75, 3.05) is 0 Å². The minimum Gasteiger partial charge on any atom is -0.322 e. The third-order valence-electron chi connectivity index (χ3n) is 2.21. The summed E-state index contributed by atoms with van der Waals surface area (Å²) in [5.74, 6) is -0.504. The smallest absolute Gasteiger partial charge is 0.252 e. The van der Waals surface area contributed by atoms with Gasteiger partial charge in [0.1, 0.15) is 0 Å². The molecule has 0 aliphatic heterocycles. The highest BCUT2D eigenvalue weighted by molar-refractivity contribution is 5.78. The van der Waals surface area contributed by atoms with E-state index >= 15 is 0 Å². The van der Waals surface area contributed by atoms with Gasteiger partial charge in [0.15, 0.2) is 0 Å². The van der Waals surface area contributed by atoms with Crippen molar-refractivity contribution in [3.05, 3.63) is 58.7 Å². The summed E-state index contributed by atoms with van der Waals surface area (Å²) in [5.41, 5.74) is 0.907. The minimum atomic E-state index is -0.504. The number of pyridine rings is 1. The molecule has 15 heavy (non-hydrogen) atoms. The number of hydrogen-bond donors (Lipinski definition) is 1. The number of benzene rings is 1. The van der Waals surface area contributed by atoms with Crippen molar-refractivity contribution in [2.45, 2.75) is 6.42 Å². The Labute approximate surface area is 86.1 Å². The van der Waals surface area contributed by atoms with Crippen LogP contribution in [0.3, 0.4) is 0 Å². The fraction of sp³-hybridized carbons (Fsp3) is 0.0833. The summed E-state index contributed by atoms with van der Waals surface area (Å²) in [5, 5.41) is 0.897. The van der Waals surface area contributed by atoms with E-state index in [0.29, 0.717) is 5.56 Å². The monoisotopic (exact) mass is 203 g/mol. The number of aromatic nitrogens is 1. The molecule has 2 aromatic rings. The highest BCUT2D eigenvalue weighted by Gasteiger charge is 2.03. The number of rotatable bonds is 2. The van der Waals surface area contributed by atoms with Gasteiger partial charge in [0.2, 0.25) is 0 Å². The number of nitrogens with one attached hydrogen (secondary N) is 1. The maximum absolute atomic E-state index is 12.6. The second-order valence-corrected chi connectivity index (χ2v) is 3.40. The maximum Gasteiger partial charge on any atom is 0.252 e. The van der Waals surface area contributed by atoms with Gasteiger partial charge in [-0.1, -0.05) is 24.8 Å². The lowest BCUT2D eigenvalue weighted by molar-refractivity contribution is 0.615. The van der Waals surface area contributed by atoms with Gasteiger partial charge in [-0.05, 0) is 17.5 Å². The van der Waals surface area contributed by atoms with Crippen molar-refractivity contribution < 1.29 is 4.39 Å². The molecule has 1 heterocycles. The Morgan fingerprint density at radius 3 is 2.87 bits per heavy atom. The molecule has 0 aliphatic rings. The molecule has 0 saturated heterocycles. The first-order valence-electron chi connectivity index (χ1n) is 4.61. The fourth-order valence-corrected chi connectivity index (χ4v) is 1.53. The van der Waals surface area contributed by atoms with Crippen LogP contribution in [0.2, 0.25) is 0 Å². The van der Waals surface area contributed by atoms with Gasteiger partial charge in [0, 0.05) is 17.5 Å². The molecule has 0 fully saturated rings. The first-order chi connectivity index (χ1) is 7.16. The maximum atomic E-state index is 12.6. The third kappa shape index (κ3) is 1.96. The number of allylic oxidation sites excluding steroid dienone is 1. The Kier molecular flexibility index (Phi) is 2.37. The summed E-state index contributed by atoms with van der Waals surface area (Å²) < 4.78 is 12.6. The largest absolute Gasteiger partial charge is 0.322 e. The Balaban J connectivity index is 2.62. The minimum absolute atomic E-state index is 0.0276. The van der Waals surface area contributed by atoms with Crippen LogP contribution in [0.1, 0.15) is 5.56 Å². The van der Waals surface area contributed by atoms with E-state index in [1.165, 1.54) is 0 Å². The Morgan fingerprint density at radius 2 is 2.13 bits per heavy atom. The molecule has 1 aromatic carbocycles. The fourth-order valence-electron chi connectivity index (χ4n) is 1.53. The van der Waals surface area contributed by atoms with Gasteiger partial charge < -0.3 is 4.98 Å². The molecule has 2 rings (SSSR count). The average molecular weight is 203 g/mol. The van der Waals surface area contributed by atoms with Crippen LogP contribution in [0.4, 0.5) is 4.39 Å². The van der Waals surface area contributed by atoms with Crippen LogP contribution >= 0.6 is 0 Å². The predicted octanol–water partition coefficient (Wildman–Crippen LogP) is 2.55. The molecule has 0 radical (unpaired) electrons. The van der Waals surface area contributed by atoms with Gasteiger partial charge in [0.25, 0.3) is 5.56 Å². The molecular weight excluding hydrogens is 193 g/mol. The molecule has 0 aliphatic carbocycles. The highest BCUT2D eigenvalue weighted by atomic mass is 19.1. The van der Waals surface area contributed by atoms with Crippen LogP contribution in [0.15, 0.2) is 47.5 Å². The normalized spacial score (nSPS) is 10.5. The Morgan fingerprint density at radius 1 is 1.40 bits per heavy atom. The molecule has 3 heteroatoms. The molecule has 76 valence electrons. The van der Waals surface area contributed by atoms with Crippen molar-refractivity contribution in [3.63, 3.8) is 0 Å². The van der Waals surface area contributed by atoms with Crippen molar-refractivity contribution in [1.82, 2.24) is 4.98 Å². The summed E-state index contributed by atoms with van der Waals surface area (Å²) >= 11 is 0. The second-order valence-electron chi connectivity index (χ2n) is 3.40. The van der Waals surface area contributed by atoms with Gasteiger partial charge in [-0.2, -0.15) is 0 Å². The lowest BCUT2D eigenvalue weighted by Crippen LogP contribution is -2.12. The van der Waals surface area contributed by atoms with Crippen molar-refractivity contribution >= 4 is 10.9 Å². The van der Waals surface area contributed by atoms with Gasteiger partial charge in [0.05, 0.1) is 5.83 Å². The molecule has 1 aromatic heterocycles. The molecular formula is C12H10FNO. The van der Waals surface area contributed by atoms with Crippen LogP contribution in [0, 0.1) is 0 Å².